The minimum absolute atomic E-state index is 0. The Labute approximate surface area is 201 Å². The van der Waals surface area contributed by atoms with E-state index in [2.05, 4.69) is 70.6 Å². The molecule has 0 saturated carbocycles. The third-order valence-corrected chi connectivity index (χ3v) is 5.72. The lowest BCUT2D eigenvalue weighted by Gasteiger charge is -2.31. The van der Waals surface area contributed by atoms with Gasteiger partial charge in [0, 0.05) is 38.6 Å². The van der Waals surface area contributed by atoms with Gasteiger partial charge in [-0.25, -0.2) is 9.98 Å². The van der Waals surface area contributed by atoms with Crippen molar-refractivity contribution in [2.45, 2.75) is 46.5 Å². The second-order valence-electron chi connectivity index (χ2n) is 7.62. The molecule has 1 aromatic heterocycles. The van der Waals surface area contributed by atoms with Crippen LogP contribution in [0.5, 0.6) is 0 Å². The molecule has 1 aliphatic rings. The lowest BCUT2D eigenvalue weighted by molar-refractivity contribution is -0.0212. The zero-order valence-electron chi connectivity index (χ0n) is 18.4. The molecule has 0 spiro atoms. The zero-order chi connectivity index (χ0) is 20.6. The van der Waals surface area contributed by atoms with Crippen LogP contribution in [0, 0.1) is 6.92 Å². The summed E-state index contributed by atoms with van der Waals surface area (Å²) in [6, 6.07) is 8.77. The van der Waals surface area contributed by atoms with Gasteiger partial charge in [0.15, 0.2) is 5.96 Å². The molecule has 0 bridgehead atoms. The van der Waals surface area contributed by atoms with Gasteiger partial charge in [0.1, 0.15) is 0 Å². The van der Waals surface area contributed by atoms with Gasteiger partial charge in [0.2, 0.25) is 0 Å². The molecule has 1 atom stereocenters. The summed E-state index contributed by atoms with van der Waals surface area (Å²) in [5.41, 5.74) is 3.66. The molecule has 1 unspecified atom stereocenters. The van der Waals surface area contributed by atoms with Crippen molar-refractivity contribution in [3.63, 3.8) is 0 Å². The van der Waals surface area contributed by atoms with Crippen LogP contribution in [-0.4, -0.2) is 60.1 Å². The van der Waals surface area contributed by atoms with Crippen molar-refractivity contribution in [3.05, 3.63) is 51.5 Å². The first-order valence-electron chi connectivity index (χ1n) is 10.4. The molecule has 1 aliphatic heterocycles. The molecule has 0 amide bonds. The highest BCUT2D eigenvalue weighted by molar-refractivity contribution is 14.0. The number of aromatic nitrogens is 1. The van der Waals surface area contributed by atoms with E-state index in [-0.39, 0.29) is 24.0 Å². The van der Waals surface area contributed by atoms with Gasteiger partial charge in [-0.3, -0.25) is 4.90 Å². The number of benzene rings is 1. The Bertz CT molecular complexity index is 812. The minimum Gasteiger partial charge on any atom is -0.376 e. The van der Waals surface area contributed by atoms with E-state index in [4.69, 9.17) is 9.73 Å². The number of aryl methyl sites for hydroxylation is 1. The third kappa shape index (κ3) is 7.79. The van der Waals surface area contributed by atoms with Crippen LogP contribution in [0.2, 0.25) is 0 Å². The van der Waals surface area contributed by atoms with Gasteiger partial charge in [-0.05, 0) is 31.9 Å². The number of rotatable bonds is 7. The molecule has 30 heavy (non-hydrogen) atoms. The van der Waals surface area contributed by atoms with Crippen LogP contribution in [0.15, 0.2) is 34.6 Å². The molecular weight excluding hydrogens is 509 g/mol. The number of guanidine groups is 1. The van der Waals surface area contributed by atoms with Crippen LogP contribution in [0.25, 0.3) is 0 Å². The average molecular weight is 544 g/mol. The molecule has 1 saturated heterocycles. The first-order valence-corrected chi connectivity index (χ1v) is 11.2. The van der Waals surface area contributed by atoms with Gasteiger partial charge >= 0.3 is 0 Å². The Kier molecular flexibility index (Phi) is 10.5. The molecule has 0 radical (unpaired) electrons. The minimum atomic E-state index is 0. The van der Waals surface area contributed by atoms with Crippen molar-refractivity contribution in [3.8, 4) is 0 Å². The summed E-state index contributed by atoms with van der Waals surface area (Å²) in [6.45, 7) is 12.3. The largest absolute Gasteiger partial charge is 0.376 e. The highest BCUT2D eigenvalue weighted by Crippen LogP contribution is 2.13. The Balaban J connectivity index is 0.00000320. The predicted octanol–water partition coefficient (Wildman–Crippen LogP) is 3.89. The highest BCUT2D eigenvalue weighted by atomic mass is 127. The van der Waals surface area contributed by atoms with E-state index in [1.54, 1.807) is 11.3 Å². The van der Waals surface area contributed by atoms with Crippen LogP contribution in [0.1, 0.15) is 35.7 Å². The van der Waals surface area contributed by atoms with Crippen molar-refractivity contribution in [2.75, 3.05) is 33.3 Å². The van der Waals surface area contributed by atoms with Gasteiger partial charge < -0.3 is 15.0 Å². The standard InChI is InChI=1S/C22H33N5OS.HI/c1-5-23-22(26(4)15-21-16-29-18(3)25-21)24-12-19-7-6-8-20(11-19)14-27-9-10-28-17(2)13-27;/h6-8,11,16-17H,5,9-10,12-15H2,1-4H3,(H,23,24);1H. The summed E-state index contributed by atoms with van der Waals surface area (Å²) in [7, 11) is 2.06. The van der Waals surface area contributed by atoms with Gasteiger partial charge in [-0.2, -0.15) is 0 Å². The van der Waals surface area contributed by atoms with Crippen LogP contribution >= 0.6 is 35.3 Å². The Morgan fingerprint density at radius 3 is 2.90 bits per heavy atom. The Morgan fingerprint density at radius 2 is 2.20 bits per heavy atom. The lowest BCUT2D eigenvalue weighted by Crippen LogP contribution is -2.40. The number of nitrogens with one attached hydrogen (secondary N) is 1. The van der Waals surface area contributed by atoms with Gasteiger partial charge in [0.25, 0.3) is 0 Å². The molecule has 8 heteroatoms. The normalized spacial score (nSPS) is 17.5. The molecule has 3 rings (SSSR count). The molecule has 166 valence electrons. The van der Waals surface area contributed by atoms with Crippen LogP contribution < -0.4 is 5.32 Å². The first-order chi connectivity index (χ1) is 14.0. The second-order valence-corrected chi connectivity index (χ2v) is 8.68. The fraction of sp³-hybridized carbons (Fsp3) is 0.545. The number of hydrogen-bond acceptors (Lipinski definition) is 5. The first kappa shape index (κ1) is 25.0. The fourth-order valence-electron chi connectivity index (χ4n) is 3.55. The molecule has 6 nitrogen and oxygen atoms in total. The molecule has 2 heterocycles. The quantitative estimate of drug-likeness (QED) is 0.327. The number of nitrogens with zero attached hydrogens (tertiary/aromatic N) is 4. The van der Waals surface area contributed by atoms with E-state index >= 15 is 0 Å². The fourth-order valence-corrected chi connectivity index (χ4v) is 4.16. The Hall–Kier alpha value is -1.23. The maximum atomic E-state index is 5.65. The summed E-state index contributed by atoms with van der Waals surface area (Å²) in [5.74, 6) is 0.908. The summed E-state index contributed by atoms with van der Waals surface area (Å²) < 4.78 is 5.65. The number of thiazole rings is 1. The van der Waals surface area contributed by atoms with E-state index in [1.165, 1.54) is 11.1 Å². The summed E-state index contributed by atoms with van der Waals surface area (Å²) >= 11 is 1.69. The van der Waals surface area contributed by atoms with Crippen molar-refractivity contribution in [1.29, 1.82) is 0 Å². The number of ether oxygens (including phenoxy) is 1. The molecule has 1 aromatic carbocycles. The molecule has 1 N–H and O–H groups in total. The molecule has 0 aliphatic carbocycles. The van der Waals surface area contributed by atoms with Gasteiger partial charge in [-0.1, -0.05) is 24.3 Å². The number of morpholine rings is 1. The van der Waals surface area contributed by atoms with E-state index in [9.17, 15) is 0 Å². The summed E-state index contributed by atoms with van der Waals surface area (Å²) in [6.07, 6.45) is 0.316. The van der Waals surface area contributed by atoms with Crippen LogP contribution in [0.3, 0.4) is 0 Å². The topological polar surface area (TPSA) is 53.0 Å². The van der Waals surface area contributed by atoms with E-state index < -0.39 is 0 Å². The summed E-state index contributed by atoms with van der Waals surface area (Å²) in [4.78, 5) is 14.0. The van der Waals surface area contributed by atoms with Gasteiger partial charge in [-0.15, -0.1) is 35.3 Å². The SMILES string of the molecule is CCNC(=NCc1cccc(CN2CCOC(C)C2)c1)N(C)Cc1csc(C)n1.I. The zero-order valence-corrected chi connectivity index (χ0v) is 21.6. The van der Waals surface area contributed by atoms with Gasteiger partial charge in [0.05, 0.1) is 36.5 Å². The van der Waals surface area contributed by atoms with Crippen molar-refractivity contribution in [2.24, 2.45) is 4.99 Å². The van der Waals surface area contributed by atoms with Crippen molar-refractivity contribution >= 4 is 41.3 Å². The average Bonchev–Trinajstić information content (AvgIpc) is 3.10. The third-order valence-electron chi connectivity index (χ3n) is 4.90. The number of hydrogen-bond donors (Lipinski definition) is 1. The smallest absolute Gasteiger partial charge is 0.194 e. The van der Waals surface area contributed by atoms with Crippen molar-refractivity contribution in [1.82, 2.24) is 20.1 Å². The van der Waals surface area contributed by atoms with E-state index in [1.807, 2.05) is 6.92 Å². The maximum Gasteiger partial charge on any atom is 0.194 e. The van der Waals surface area contributed by atoms with Crippen LogP contribution in [0.4, 0.5) is 0 Å². The lowest BCUT2D eigenvalue weighted by atomic mass is 10.1. The number of aliphatic imine (C=N–C) groups is 1. The maximum absolute atomic E-state index is 5.65. The monoisotopic (exact) mass is 543 g/mol. The summed E-state index contributed by atoms with van der Waals surface area (Å²) in [5, 5.41) is 6.61. The number of halogens is 1. The van der Waals surface area contributed by atoms with E-state index in [0.29, 0.717) is 12.6 Å². The predicted molar refractivity (Wildman–Crippen MR) is 136 cm³/mol. The molecular formula is C22H34IN5OS. The highest BCUT2D eigenvalue weighted by Gasteiger charge is 2.16. The van der Waals surface area contributed by atoms with Crippen LogP contribution in [-0.2, 0) is 24.4 Å². The van der Waals surface area contributed by atoms with E-state index in [0.717, 1.165) is 56.0 Å². The molecule has 2 aromatic rings. The molecule has 1 fully saturated rings. The van der Waals surface area contributed by atoms with Crippen molar-refractivity contribution < 1.29 is 4.74 Å². The second kappa shape index (κ2) is 12.6. The Morgan fingerprint density at radius 1 is 1.40 bits per heavy atom.